The largest absolute Gasteiger partial charge is 0.472 e. The highest BCUT2D eigenvalue weighted by Gasteiger charge is 2.26. The predicted octanol–water partition coefficient (Wildman–Crippen LogP) is 2.23. The van der Waals surface area contributed by atoms with Gasteiger partial charge in [0, 0.05) is 24.2 Å². The Balaban J connectivity index is 1.41. The van der Waals surface area contributed by atoms with E-state index in [4.69, 9.17) is 9.26 Å². The van der Waals surface area contributed by atoms with Gasteiger partial charge in [-0.15, -0.1) is 0 Å². The number of piperidine rings is 1. The fourth-order valence-electron chi connectivity index (χ4n) is 3.10. The first kappa shape index (κ1) is 15.6. The van der Waals surface area contributed by atoms with Crippen molar-refractivity contribution in [1.29, 1.82) is 0 Å². The van der Waals surface area contributed by atoms with Crippen LogP contribution in [-0.2, 0) is 11.2 Å². The first-order valence-electron chi connectivity index (χ1n) is 8.33. The molecule has 0 unspecified atom stereocenters. The smallest absolute Gasteiger partial charge is 0.228 e. The molecule has 25 heavy (non-hydrogen) atoms. The van der Waals surface area contributed by atoms with E-state index in [-0.39, 0.29) is 18.4 Å². The van der Waals surface area contributed by atoms with Crippen molar-refractivity contribution in [1.82, 2.24) is 20.0 Å². The number of hydrogen-bond donors (Lipinski definition) is 0. The van der Waals surface area contributed by atoms with Crippen LogP contribution < -0.4 is 4.74 Å². The molecule has 1 fully saturated rings. The summed E-state index contributed by atoms with van der Waals surface area (Å²) in [7, 11) is 0. The summed E-state index contributed by atoms with van der Waals surface area (Å²) >= 11 is 0. The number of carbonyl (C=O) groups excluding carboxylic acids is 1. The molecule has 0 spiro atoms. The van der Waals surface area contributed by atoms with Crippen LogP contribution in [-0.4, -0.2) is 45.1 Å². The fraction of sp³-hybridized carbons (Fsp3) is 0.333. The average molecular weight is 338 g/mol. The maximum atomic E-state index is 12.7. The van der Waals surface area contributed by atoms with E-state index >= 15 is 0 Å². The first-order valence-corrected chi connectivity index (χ1v) is 8.33. The van der Waals surface area contributed by atoms with E-state index < -0.39 is 0 Å². The molecule has 7 nitrogen and oxygen atoms in total. The van der Waals surface area contributed by atoms with E-state index in [1.165, 1.54) is 6.33 Å². The van der Waals surface area contributed by atoms with Crippen molar-refractivity contribution in [3.8, 4) is 5.88 Å². The molecule has 1 saturated heterocycles. The van der Waals surface area contributed by atoms with E-state index in [9.17, 15) is 4.79 Å². The van der Waals surface area contributed by atoms with Crippen LogP contribution in [0.2, 0.25) is 0 Å². The number of fused-ring (bicyclic) bond motifs is 1. The van der Waals surface area contributed by atoms with E-state index in [1.54, 1.807) is 12.3 Å². The molecule has 0 aliphatic carbocycles. The summed E-state index contributed by atoms with van der Waals surface area (Å²) < 4.78 is 11.1. The predicted molar refractivity (Wildman–Crippen MR) is 90.0 cm³/mol. The third kappa shape index (κ3) is 3.45. The second-order valence-corrected chi connectivity index (χ2v) is 6.07. The highest BCUT2D eigenvalue weighted by atomic mass is 16.5. The maximum absolute atomic E-state index is 12.7. The molecule has 3 heterocycles. The van der Waals surface area contributed by atoms with Crippen molar-refractivity contribution in [2.75, 3.05) is 13.1 Å². The van der Waals surface area contributed by atoms with Gasteiger partial charge in [-0.25, -0.2) is 9.97 Å². The lowest BCUT2D eigenvalue weighted by atomic mass is 10.1. The van der Waals surface area contributed by atoms with Gasteiger partial charge in [0.2, 0.25) is 11.8 Å². The lowest BCUT2D eigenvalue weighted by molar-refractivity contribution is -0.133. The van der Waals surface area contributed by atoms with E-state index in [0.29, 0.717) is 23.7 Å². The van der Waals surface area contributed by atoms with Gasteiger partial charge in [0.15, 0.2) is 5.58 Å². The lowest BCUT2D eigenvalue weighted by Crippen LogP contribution is -2.45. The molecule has 1 amide bonds. The molecule has 0 saturated carbocycles. The Labute approximate surface area is 144 Å². The Morgan fingerprint density at radius 2 is 2.24 bits per heavy atom. The Kier molecular flexibility index (Phi) is 4.28. The SMILES string of the molecule is O=C(Cc1noc2ccccc12)N1CCC[C@H](Oc2ccncn2)C1. The van der Waals surface area contributed by atoms with Crippen molar-refractivity contribution >= 4 is 16.9 Å². The minimum absolute atomic E-state index is 0.0371. The molecule has 1 aliphatic heterocycles. The molecular weight excluding hydrogens is 320 g/mol. The number of likely N-dealkylation sites (tertiary alicyclic amines) is 1. The third-order valence-corrected chi connectivity index (χ3v) is 4.34. The van der Waals surface area contributed by atoms with E-state index in [1.807, 2.05) is 29.2 Å². The Morgan fingerprint density at radius 1 is 1.32 bits per heavy atom. The molecule has 1 aromatic carbocycles. The van der Waals surface area contributed by atoms with Crippen LogP contribution in [0, 0.1) is 0 Å². The second-order valence-electron chi connectivity index (χ2n) is 6.07. The summed E-state index contributed by atoms with van der Waals surface area (Å²) in [6.45, 7) is 1.29. The summed E-state index contributed by atoms with van der Waals surface area (Å²) in [6, 6.07) is 9.30. The van der Waals surface area contributed by atoms with Crippen LogP contribution in [0.5, 0.6) is 5.88 Å². The Morgan fingerprint density at radius 3 is 3.12 bits per heavy atom. The molecule has 1 aliphatic rings. The zero-order chi connectivity index (χ0) is 17.1. The monoisotopic (exact) mass is 338 g/mol. The van der Waals surface area contributed by atoms with Crippen molar-refractivity contribution in [3.63, 3.8) is 0 Å². The zero-order valence-electron chi connectivity index (χ0n) is 13.7. The minimum Gasteiger partial charge on any atom is -0.472 e. The summed E-state index contributed by atoms with van der Waals surface area (Å²) in [5.74, 6) is 0.576. The lowest BCUT2D eigenvalue weighted by Gasteiger charge is -2.32. The highest BCUT2D eigenvalue weighted by Crippen LogP contribution is 2.20. The number of amides is 1. The number of carbonyl (C=O) groups is 1. The molecule has 2 aromatic heterocycles. The van der Waals surface area contributed by atoms with Crippen LogP contribution in [0.25, 0.3) is 11.0 Å². The van der Waals surface area contributed by atoms with Crippen molar-refractivity contribution in [2.24, 2.45) is 0 Å². The van der Waals surface area contributed by atoms with Gasteiger partial charge in [0.1, 0.15) is 18.1 Å². The quantitative estimate of drug-likeness (QED) is 0.725. The van der Waals surface area contributed by atoms with Gasteiger partial charge in [-0.05, 0) is 25.0 Å². The molecule has 0 radical (unpaired) electrons. The van der Waals surface area contributed by atoms with Crippen molar-refractivity contribution in [3.05, 3.63) is 48.5 Å². The number of hydrogen-bond acceptors (Lipinski definition) is 6. The normalized spacial score (nSPS) is 17.6. The van der Waals surface area contributed by atoms with Crippen LogP contribution in [0.3, 0.4) is 0 Å². The van der Waals surface area contributed by atoms with Crippen LogP contribution in [0.15, 0.2) is 47.4 Å². The van der Waals surface area contributed by atoms with Gasteiger partial charge in [0.25, 0.3) is 0 Å². The average Bonchev–Trinajstić information content (AvgIpc) is 3.06. The number of ether oxygens (including phenoxy) is 1. The van der Waals surface area contributed by atoms with Crippen molar-refractivity contribution < 1.29 is 14.1 Å². The Hall–Kier alpha value is -2.96. The summed E-state index contributed by atoms with van der Waals surface area (Å²) in [5.41, 5.74) is 1.38. The Bertz CT molecular complexity index is 865. The van der Waals surface area contributed by atoms with Crippen molar-refractivity contribution in [2.45, 2.75) is 25.4 Å². The summed E-state index contributed by atoms with van der Waals surface area (Å²) in [5, 5.41) is 4.94. The van der Waals surface area contributed by atoms with Gasteiger partial charge in [0.05, 0.1) is 13.0 Å². The number of rotatable bonds is 4. The van der Waals surface area contributed by atoms with Gasteiger partial charge >= 0.3 is 0 Å². The summed E-state index contributed by atoms with van der Waals surface area (Å²) in [4.78, 5) is 22.5. The molecule has 7 heteroatoms. The number of para-hydroxylation sites is 1. The number of benzene rings is 1. The van der Waals surface area contributed by atoms with Gasteiger partial charge in [-0.1, -0.05) is 17.3 Å². The topological polar surface area (TPSA) is 81.4 Å². The molecule has 3 aromatic rings. The van der Waals surface area contributed by atoms with E-state index in [0.717, 1.165) is 24.8 Å². The molecular formula is C18H18N4O3. The number of aromatic nitrogens is 3. The molecule has 128 valence electrons. The van der Waals surface area contributed by atoms with Crippen LogP contribution in [0.1, 0.15) is 18.5 Å². The molecule has 1 atom stereocenters. The maximum Gasteiger partial charge on any atom is 0.228 e. The van der Waals surface area contributed by atoms with Crippen LogP contribution in [0.4, 0.5) is 0 Å². The zero-order valence-corrected chi connectivity index (χ0v) is 13.7. The molecule has 4 rings (SSSR count). The third-order valence-electron chi connectivity index (χ3n) is 4.34. The minimum atomic E-state index is -0.0540. The second kappa shape index (κ2) is 6.88. The standard InChI is InChI=1S/C18H18N4O3/c23-18(10-15-14-5-1-2-6-16(14)25-21-15)22-9-3-4-13(11-22)24-17-7-8-19-12-20-17/h1-2,5-8,12-13H,3-4,9-11H2/t13-/m0/s1. The molecule has 0 N–H and O–H groups in total. The summed E-state index contributed by atoms with van der Waals surface area (Å²) in [6.07, 6.45) is 5.08. The highest BCUT2D eigenvalue weighted by molar-refractivity contribution is 5.86. The molecule has 0 bridgehead atoms. The van der Waals surface area contributed by atoms with Gasteiger partial charge in [-0.3, -0.25) is 4.79 Å². The van der Waals surface area contributed by atoms with Crippen LogP contribution >= 0.6 is 0 Å². The first-order chi connectivity index (χ1) is 12.3. The van der Waals surface area contributed by atoms with E-state index in [2.05, 4.69) is 15.1 Å². The van der Waals surface area contributed by atoms with Gasteiger partial charge < -0.3 is 14.2 Å². The number of nitrogens with zero attached hydrogens (tertiary/aromatic N) is 4. The van der Waals surface area contributed by atoms with Gasteiger partial charge in [-0.2, -0.15) is 0 Å². The fourth-order valence-corrected chi connectivity index (χ4v) is 3.10.